The standard InChI is InChI=1S/C22H26ClN3O3/c1-15(2)22(28)26-13-11-25(12-14-26)20-18(23)5-4-6-19(20)24-21(27)16-7-9-17(29-3)10-8-16/h4-10,15H,11-14H2,1-3H3,(H,24,27). The smallest absolute Gasteiger partial charge is 0.255 e. The predicted molar refractivity (Wildman–Crippen MR) is 116 cm³/mol. The minimum atomic E-state index is -0.218. The van der Waals surface area contributed by atoms with Crippen LogP contribution in [0.3, 0.4) is 0 Å². The van der Waals surface area contributed by atoms with Gasteiger partial charge in [0.1, 0.15) is 5.75 Å². The fraction of sp³-hybridized carbons (Fsp3) is 0.364. The van der Waals surface area contributed by atoms with Gasteiger partial charge < -0.3 is 19.9 Å². The molecule has 0 unspecified atom stereocenters. The third kappa shape index (κ3) is 4.82. The first-order valence-corrected chi connectivity index (χ1v) is 10.1. The van der Waals surface area contributed by atoms with Gasteiger partial charge in [-0.05, 0) is 36.4 Å². The van der Waals surface area contributed by atoms with E-state index < -0.39 is 0 Å². The molecule has 0 bridgehead atoms. The highest BCUT2D eigenvalue weighted by Gasteiger charge is 2.25. The van der Waals surface area contributed by atoms with Gasteiger partial charge in [0, 0.05) is 37.7 Å². The Morgan fingerprint density at radius 3 is 2.28 bits per heavy atom. The minimum Gasteiger partial charge on any atom is -0.497 e. The molecule has 2 amide bonds. The Bertz CT molecular complexity index is 875. The molecule has 1 N–H and O–H groups in total. The number of carbonyl (C=O) groups is 2. The highest BCUT2D eigenvalue weighted by molar-refractivity contribution is 6.34. The molecule has 7 heteroatoms. The molecule has 0 saturated carbocycles. The molecule has 6 nitrogen and oxygen atoms in total. The first-order valence-electron chi connectivity index (χ1n) is 9.68. The van der Waals surface area contributed by atoms with E-state index in [0.29, 0.717) is 48.2 Å². The second kappa shape index (κ2) is 9.18. The highest BCUT2D eigenvalue weighted by atomic mass is 35.5. The third-order valence-electron chi connectivity index (χ3n) is 4.99. The van der Waals surface area contributed by atoms with Gasteiger partial charge in [-0.3, -0.25) is 9.59 Å². The zero-order valence-corrected chi connectivity index (χ0v) is 17.7. The second-order valence-corrected chi connectivity index (χ2v) is 7.69. The highest BCUT2D eigenvalue weighted by Crippen LogP contribution is 2.35. The van der Waals surface area contributed by atoms with E-state index >= 15 is 0 Å². The first-order chi connectivity index (χ1) is 13.9. The lowest BCUT2D eigenvalue weighted by Gasteiger charge is -2.38. The van der Waals surface area contributed by atoms with Crippen LogP contribution in [0.25, 0.3) is 0 Å². The molecule has 1 aliphatic rings. The van der Waals surface area contributed by atoms with Crippen molar-refractivity contribution in [3.05, 3.63) is 53.1 Å². The Kier molecular flexibility index (Phi) is 6.64. The van der Waals surface area contributed by atoms with Crippen molar-refractivity contribution in [2.24, 2.45) is 5.92 Å². The molecule has 0 aromatic heterocycles. The largest absolute Gasteiger partial charge is 0.497 e. The lowest BCUT2D eigenvalue weighted by molar-refractivity contribution is -0.134. The lowest BCUT2D eigenvalue weighted by Crippen LogP contribution is -2.50. The van der Waals surface area contributed by atoms with Crippen LogP contribution in [0.1, 0.15) is 24.2 Å². The molecule has 3 rings (SSSR count). The molecule has 1 heterocycles. The van der Waals surface area contributed by atoms with Gasteiger partial charge >= 0.3 is 0 Å². The van der Waals surface area contributed by atoms with Gasteiger partial charge in [0.25, 0.3) is 5.91 Å². The molecule has 1 fully saturated rings. The van der Waals surface area contributed by atoms with Crippen LogP contribution < -0.4 is 15.0 Å². The molecular weight excluding hydrogens is 390 g/mol. The monoisotopic (exact) mass is 415 g/mol. The predicted octanol–water partition coefficient (Wildman–Crippen LogP) is 3.91. The molecular formula is C22H26ClN3O3. The Balaban J connectivity index is 1.76. The summed E-state index contributed by atoms with van der Waals surface area (Å²) in [4.78, 5) is 29.0. The number of hydrogen-bond donors (Lipinski definition) is 1. The summed E-state index contributed by atoms with van der Waals surface area (Å²) >= 11 is 6.49. The van der Waals surface area contributed by atoms with Crippen molar-refractivity contribution in [3.63, 3.8) is 0 Å². The fourth-order valence-corrected chi connectivity index (χ4v) is 3.68. The molecule has 0 aliphatic carbocycles. The van der Waals surface area contributed by atoms with Gasteiger partial charge in [-0.15, -0.1) is 0 Å². The van der Waals surface area contributed by atoms with Crippen molar-refractivity contribution < 1.29 is 14.3 Å². The lowest BCUT2D eigenvalue weighted by atomic mass is 10.1. The number of ether oxygens (including phenoxy) is 1. The summed E-state index contributed by atoms with van der Waals surface area (Å²) in [6.45, 7) is 6.41. The van der Waals surface area contributed by atoms with Gasteiger partial charge in [-0.25, -0.2) is 0 Å². The summed E-state index contributed by atoms with van der Waals surface area (Å²) in [7, 11) is 1.59. The van der Waals surface area contributed by atoms with Crippen LogP contribution in [0.15, 0.2) is 42.5 Å². The summed E-state index contributed by atoms with van der Waals surface area (Å²) in [6, 6.07) is 12.4. The molecule has 0 spiro atoms. The van der Waals surface area contributed by atoms with E-state index in [1.54, 1.807) is 31.4 Å². The molecule has 1 aliphatic heterocycles. The van der Waals surface area contributed by atoms with Crippen LogP contribution in [0.5, 0.6) is 5.75 Å². The number of methoxy groups -OCH3 is 1. The topological polar surface area (TPSA) is 61.9 Å². The number of nitrogens with zero attached hydrogens (tertiary/aromatic N) is 2. The number of piperazine rings is 1. The normalized spacial score (nSPS) is 14.1. The van der Waals surface area contributed by atoms with Crippen molar-refractivity contribution in [2.45, 2.75) is 13.8 Å². The molecule has 1 saturated heterocycles. The Morgan fingerprint density at radius 1 is 1.03 bits per heavy atom. The van der Waals surface area contributed by atoms with Gasteiger partial charge in [-0.1, -0.05) is 31.5 Å². The number of amides is 2. The minimum absolute atomic E-state index is 0.0128. The van der Waals surface area contributed by atoms with Gasteiger partial charge in [0.05, 0.1) is 23.5 Å². The van der Waals surface area contributed by atoms with Gasteiger partial charge in [-0.2, -0.15) is 0 Å². The van der Waals surface area contributed by atoms with Crippen molar-refractivity contribution in [1.82, 2.24) is 4.90 Å². The molecule has 2 aromatic rings. The number of benzene rings is 2. The maximum Gasteiger partial charge on any atom is 0.255 e. The van der Waals surface area contributed by atoms with Crippen LogP contribution in [-0.4, -0.2) is 50.0 Å². The number of para-hydroxylation sites is 1. The summed E-state index contributed by atoms with van der Waals surface area (Å²) in [5.74, 6) is 0.627. The maximum atomic E-state index is 12.7. The number of carbonyl (C=O) groups excluding carboxylic acids is 2. The molecule has 0 atom stereocenters. The number of nitrogens with one attached hydrogen (secondary N) is 1. The van der Waals surface area contributed by atoms with Crippen molar-refractivity contribution >= 4 is 34.8 Å². The third-order valence-corrected chi connectivity index (χ3v) is 5.29. The van der Waals surface area contributed by atoms with Crippen LogP contribution in [0, 0.1) is 5.92 Å². The fourth-order valence-electron chi connectivity index (χ4n) is 3.39. The van der Waals surface area contributed by atoms with Gasteiger partial charge in [0.15, 0.2) is 0 Å². The van der Waals surface area contributed by atoms with E-state index in [1.165, 1.54) is 0 Å². The number of anilines is 2. The Hall–Kier alpha value is -2.73. The Morgan fingerprint density at radius 2 is 1.69 bits per heavy atom. The number of rotatable bonds is 5. The van der Waals surface area contributed by atoms with E-state index in [1.807, 2.05) is 36.9 Å². The molecule has 29 heavy (non-hydrogen) atoms. The van der Waals surface area contributed by atoms with Crippen LogP contribution in [0.4, 0.5) is 11.4 Å². The number of hydrogen-bond acceptors (Lipinski definition) is 4. The van der Waals surface area contributed by atoms with Crippen molar-refractivity contribution in [1.29, 1.82) is 0 Å². The summed E-state index contributed by atoms with van der Waals surface area (Å²) in [6.07, 6.45) is 0. The quantitative estimate of drug-likeness (QED) is 0.804. The second-order valence-electron chi connectivity index (χ2n) is 7.29. The van der Waals surface area contributed by atoms with E-state index in [2.05, 4.69) is 10.2 Å². The zero-order valence-electron chi connectivity index (χ0n) is 16.9. The summed E-state index contributed by atoms with van der Waals surface area (Å²) < 4.78 is 5.14. The van der Waals surface area contributed by atoms with E-state index in [4.69, 9.17) is 16.3 Å². The van der Waals surface area contributed by atoms with E-state index in [9.17, 15) is 9.59 Å². The summed E-state index contributed by atoms with van der Waals surface area (Å²) in [5, 5.41) is 3.54. The zero-order chi connectivity index (χ0) is 21.0. The average molecular weight is 416 g/mol. The molecule has 154 valence electrons. The van der Waals surface area contributed by atoms with Crippen LogP contribution in [0.2, 0.25) is 5.02 Å². The van der Waals surface area contributed by atoms with Crippen LogP contribution >= 0.6 is 11.6 Å². The van der Waals surface area contributed by atoms with Gasteiger partial charge in [0.2, 0.25) is 5.91 Å². The number of halogens is 1. The van der Waals surface area contributed by atoms with Crippen LogP contribution in [-0.2, 0) is 4.79 Å². The average Bonchev–Trinajstić information content (AvgIpc) is 2.73. The summed E-state index contributed by atoms with van der Waals surface area (Å²) in [5.41, 5.74) is 1.97. The van der Waals surface area contributed by atoms with E-state index in [0.717, 1.165) is 5.69 Å². The molecule has 2 aromatic carbocycles. The van der Waals surface area contributed by atoms with E-state index in [-0.39, 0.29) is 17.7 Å². The van der Waals surface area contributed by atoms with Crippen molar-refractivity contribution in [2.75, 3.05) is 43.5 Å². The molecule has 0 radical (unpaired) electrons. The Labute approximate surface area is 176 Å². The maximum absolute atomic E-state index is 12.7. The first kappa shape index (κ1) is 21.0. The van der Waals surface area contributed by atoms with Crippen molar-refractivity contribution in [3.8, 4) is 5.75 Å². The SMILES string of the molecule is COc1ccc(C(=O)Nc2cccc(Cl)c2N2CCN(C(=O)C(C)C)CC2)cc1.